The van der Waals surface area contributed by atoms with E-state index < -0.39 is 0 Å². The first-order valence-electron chi connectivity index (χ1n) is 10.2. The molecular weight excluding hydrogens is 330 g/mol. The molecule has 0 aliphatic carbocycles. The Morgan fingerprint density at radius 3 is 2.58 bits per heavy atom. The molecule has 26 heavy (non-hydrogen) atoms. The van der Waals surface area contributed by atoms with Crippen LogP contribution in [0.1, 0.15) is 31.4 Å². The molecule has 0 amide bonds. The summed E-state index contributed by atoms with van der Waals surface area (Å²) in [5.41, 5.74) is 0. The van der Waals surface area contributed by atoms with E-state index in [9.17, 15) is 0 Å². The van der Waals surface area contributed by atoms with Crippen LogP contribution in [0, 0.1) is 11.8 Å². The molecule has 4 aliphatic rings. The van der Waals surface area contributed by atoms with Crippen molar-refractivity contribution in [2.45, 2.75) is 50.4 Å². The van der Waals surface area contributed by atoms with Gasteiger partial charge in [-0.3, -0.25) is 4.99 Å². The van der Waals surface area contributed by atoms with Gasteiger partial charge in [-0.2, -0.15) is 0 Å². The number of furan rings is 1. The van der Waals surface area contributed by atoms with Crippen LogP contribution in [0.3, 0.4) is 0 Å². The van der Waals surface area contributed by atoms with Crippen LogP contribution in [-0.4, -0.2) is 62.0 Å². The normalized spacial score (nSPS) is 34.5. The molecule has 4 atom stereocenters. The third-order valence-electron chi connectivity index (χ3n) is 6.51. The summed E-state index contributed by atoms with van der Waals surface area (Å²) in [5.74, 6) is 3.47. The SMILES string of the molecule is c1coc(CCN=C(NC2CCOCC2)N2CC3C4CCC(O4)C3C2)c1. The lowest BCUT2D eigenvalue weighted by Crippen LogP contribution is -2.47. The molecule has 6 heteroatoms. The molecule has 4 fully saturated rings. The van der Waals surface area contributed by atoms with Crippen molar-refractivity contribution in [2.75, 3.05) is 32.8 Å². The van der Waals surface area contributed by atoms with Crippen molar-refractivity contribution in [1.29, 1.82) is 0 Å². The average Bonchev–Trinajstić information content (AvgIpc) is 3.43. The summed E-state index contributed by atoms with van der Waals surface area (Å²) < 4.78 is 17.1. The molecule has 5 rings (SSSR count). The number of hydrogen-bond acceptors (Lipinski definition) is 4. The highest BCUT2D eigenvalue weighted by Gasteiger charge is 2.53. The topological polar surface area (TPSA) is 59.2 Å². The van der Waals surface area contributed by atoms with Gasteiger partial charge in [-0.15, -0.1) is 0 Å². The monoisotopic (exact) mass is 359 g/mol. The Balaban J connectivity index is 1.27. The molecule has 2 bridgehead atoms. The zero-order valence-corrected chi connectivity index (χ0v) is 15.3. The molecular formula is C20H29N3O3. The molecule has 0 aromatic carbocycles. The molecule has 6 nitrogen and oxygen atoms in total. The number of ether oxygens (including phenoxy) is 2. The summed E-state index contributed by atoms with van der Waals surface area (Å²) in [5, 5.41) is 3.74. The quantitative estimate of drug-likeness (QED) is 0.659. The Bertz CT molecular complexity index is 608. The minimum atomic E-state index is 0.472. The Hall–Kier alpha value is -1.53. The zero-order valence-electron chi connectivity index (χ0n) is 15.3. The molecule has 4 saturated heterocycles. The summed E-state index contributed by atoms with van der Waals surface area (Å²) in [7, 11) is 0. The standard InChI is InChI=1S/C20H29N3O3/c1-2-15(25-9-1)5-8-21-20(22-14-6-10-24-11-7-14)23-12-16-17(13-23)19-4-3-18(16)26-19/h1-2,9,14,16-19H,3-8,10-13H2,(H,21,22). The second-order valence-corrected chi connectivity index (χ2v) is 8.09. The van der Waals surface area contributed by atoms with Crippen LogP contribution in [-0.2, 0) is 15.9 Å². The maximum absolute atomic E-state index is 6.13. The van der Waals surface area contributed by atoms with E-state index in [0.717, 1.165) is 63.8 Å². The fourth-order valence-corrected chi connectivity index (χ4v) is 5.12. The Kier molecular flexibility index (Phi) is 4.63. The minimum absolute atomic E-state index is 0.472. The fourth-order valence-electron chi connectivity index (χ4n) is 5.12. The van der Waals surface area contributed by atoms with Crippen molar-refractivity contribution in [3.63, 3.8) is 0 Å². The van der Waals surface area contributed by atoms with E-state index in [-0.39, 0.29) is 0 Å². The van der Waals surface area contributed by atoms with Gasteiger partial charge in [0.15, 0.2) is 5.96 Å². The van der Waals surface area contributed by atoms with Gasteiger partial charge in [0.2, 0.25) is 0 Å². The predicted molar refractivity (Wildman–Crippen MR) is 98.1 cm³/mol. The van der Waals surface area contributed by atoms with Crippen molar-refractivity contribution in [3.05, 3.63) is 24.2 Å². The summed E-state index contributed by atoms with van der Waals surface area (Å²) >= 11 is 0. The molecule has 0 spiro atoms. The summed E-state index contributed by atoms with van der Waals surface area (Å²) in [6.45, 7) is 4.62. The minimum Gasteiger partial charge on any atom is -0.469 e. The molecule has 4 unspecified atom stereocenters. The van der Waals surface area contributed by atoms with Crippen LogP contribution in [0.4, 0.5) is 0 Å². The first-order chi connectivity index (χ1) is 12.9. The lowest BCUT2D eigenvalue weighted by atomic mass is 9.82. The van der Waals surface area contributed by atoms with Crippen molar-refractivity contribution in [3.8, 4) is 0 Å². The van der Waals surface area contributed by atoms with Crippen molar-refractivity contribution in [2.24, 2.45) is 16.8 Å². The van der Waals surface area contributed by atoms with Crippen molar-refractivity contribution < 1.29 is 13.9 Å². The molecule has 1 aromatic rings. The summed E-state index contributed by atoms with van der Waals surface area (Å²) in [6, 6.07) is 4.44. The second kappa shape index (κ2) is 7.24. The maximum Gasteiger partial charge on any atom is 0.194 e. The zero-order chi connectivity index (χ0) is 17.3. The highest BCUT2D eigenvalue weighted by Crippen LogP contribution is 2.47. The first-order valence-corrected chi connectivity index (χ1v) is 10.2. The van der Waals surface area contributed by atoms with E-state index in [1.807, 2.05) is 12.1 Å². The fraction of sp³-hybridized carbons (Fsp3) is 0.750. The molecule has 1 aromatic heterocycles. The van der Waals surface area contributed by atoms with Crippen LogP contribution in [0.5, 0.6) is 0 Å². The van der Waals surface area contributed by atoms with Crippen LogP contribution < -0.4 is 5.32 Å². The number of rotatable bonds is 4. The van der Waals surface area contributed by atoms with Gasteiger partial charge in [-0.1, -0.05) is 0 Å². The molecule has 142 valence electrons. The van der Waals surface area contributed by atoms with E-state index in [1.165, 1.54) is 12.8 Å². The molecule has 0 saturated carbocycles. The van der Waals surface area contributed by atoms with Gasteiger partial charge in [0.1, 0.15) is 5.76 Å². The molecule has 0 radical (unpaired) electrons. The van der Waals surface area contributed by atoms with E-state index in [4.69, 9.17) is 18.9 Å². The Labute approximate surface area is 154 Å². The maximum atomic E-state index is 6.13. The Morgan fingerprint density at radius 1 is 1.12 bits per heavy atom. The smallest absolute Gasteiger partial charge is 0.194 e. The number of fused-ring (bicyclic) bond motifs is 5. The van der Waals surface area contributed by atoms with E-state index >= 15 is 0 Å². The van der Waals surface area contributed by atoms with E-state index in [2.05, 4.69) is 10.2 Å². The van der Waals surface area contributed by atoms with Gasteiger partial charge >= 0.3 is 0 Å². The van der Waals surface area contributed by atoms with Gasteiger partial charge < -0.3 is 24.1 Å². The second-order valence-electron chi connectivity index (χ2n) is 8.09. The van der Waals surface area contributed by atoms with Crippen LogP contribution in [0.15, 0.2) is 27.8 Å². The summed E-state index contributed by atoms with van der Waals surface area (Å²) in [6.07, 6.45) is 8.18. The van der Waals surface area contributed by atoms with E-state index in [0.29, 0.717) is 30.1 Å². The third kappa shape index (κ3) is 3.25. The van der Waals surface area contributed by atoms with Gasteiger partial charge in [-0.05, 0) is 37.8 Å². The van der Waals surface area contributed by atoms with Crippen LogP contribution >= 0.6 is 0 Å². The number of likely N-dealkylation sites (tertiary alicyclic amines) is 1. The van der Waals surface area contributed by atoms with Gasteiger partial charge in [0.25, 0.3) is 0 Å². The highest BCUT2D eigenvalue weighted by atomic mass is 16.5. The number of aliphatic imine (C=N–C) groups is 1. The average molecular weight is 359 g/mol. The van der Waals surface area contributed by atoms with E-state index in [1.54, 1.807) is 6.26 Å². The van der Waals surface area contributed by atoms with Gasteiger partial charge in [-0.25, -0.2) is 0 Å². The lowest BCUT2D eigenvalue weighted by Gasteiger charge is -2.30. The van der Waals surface area contributed by atoms with Crippen LogP contribution in [0.2, 0.25) is 0 Å². The molecule has 1 N–H and O–H groups in total. The predicted octanol–water partition coefficient (Wildman–Crippen LogP) is 2.06. The molecule has 4 aliphatic heterocycles. The van der Waals surface area contributed by atoms with Gasteiger partial charge in [0.05, 0.1) is 18.5 Å². The summed E-state index contributed by atoms with van der Waals surface area (Å²) in [4.78, 5) is 7.45. The van der Waals surface area contributed by atoms with Crippen molar-refractivity contribution in [1.82, 2.24) is 10.2 Å². The first kappa shape index (κ1) is 16.6. The number of guanidine groups is 1. The highest BCUT2D eigenvalue weighted by molar-refractivity contribution is 5.80. The van der Waals surface area contributed by atoms with Crippen LogP contribution in [0.25, 0.3) is 0 Å². The number of hydrogen-bond donors (Lipinski definition) is 1. The lowest BCUT2D eigenvalue weighted by molar-refractivity contribution is 0.0748. The Morgan fingerprint density at radius 2 is 1.88 bits per heavy atom. The number of nitrogens with zero attached hydrogens (tertiary/aromatic N) is 2. The number of nitrogens with one attached hydrogen (secondary N) is 1. The van der Waals surface area contributed by atoms with Gasteiger partial charge in [0, 0.05) is 57.1 Å². The third-order valence-corrected chi connectivity index (χ3v) is 6.51. The molecule has 5 heterocycles. The van der Waals surface area contributed by atoms with Crippen molar-refractivity contribution >= 4 is 5.96 Å². The largest absolute Gasteiger partial charge is 0.469 e.